The normalized spacial score (nSPS) is 10.2. The van der Waals surface area contributed by atoms with Crippen LogP contribution in [-0.4, -0.2) is 17.1 Å². The van der Waals surface area contributed by atoms with Crippen molar-refractivity contribution in [3.63, 3.8) is 0 Å². The van der Waals surface area contributed by atoms with E-state index in [9.17, 15) is 0 Å². The van der Waals surface area contributed by atoms with Gasteiger partial charge in [-0.2, -0.15) is 0 Å². The number of nitrogen functional groups attached to an aromatic ring is 1. The largest absolute Gasteiger partial charge is 0.480 e. The number of nitrogens with zero attached hydrogens (tertiary/aromatic N) is 2. The zero-order chi connectivity index (χ0) is 9.26. The van der Waals surface area contributed by atoms with Crippen LogP contribution in [0.2, 0.25) is 0 Å². The molecule has 0 amide bonds. The van der Waals surface area contributed by atoms with Crippen LogP contribution < -0.4 is 10.5 Å². The molecule has 0 atom stereocenters. The Bertz CT molecular complexity index is 442. The van der Waals surface area contributed by atoms with Gasteiger partial charge in [0.15, 0.2) is 0 Å². The van der Waals surface area contributed by atoms with Gasteiger partial charge in [-0.1, -0.05) is 0 Å². The number of benzene rings is 1. The summed E-state index contributed by atoms with van der Waals surface area (Å²) in [7, 11) is 1.56. The first-order chi connectivity index (χ1) is 6.29. The van der Waals surface area contributed by atoms with Crippen molar-refractivity contribution in [1.29, 1.82) is 0 Å². The molecule has 1 heterocycles. The lowest BCUT2D eigenvalue weighted by Gasteiger charge is -2.00. The lowest BCUT2D eigenvalue weighted by atomic mass is 10.3. The number of ether oxygens (including phenoxy) is 1. The molecular weight excluding hydrogens is 166 g/mol. The highest BCUT2D eigenvalue weighted by Crippen LogP contribution is 2.15. The number of methoxy groups -OCH3 is 1. The van der Waals surface area contributed by atoms with Gasteiger partial charge in [-0.15, -0.1) is 0 Å². The second-order valence-electron chi connectivity index (χ2n) is 2.66. The zero-order valence-corrected chi connectivity index (χ0v) is 7.19. The number of anilines is 1. The Hall–Kier alpha value is -1.84. The Labute approximate surface area is 75.4 Å². The number of aromatic nitrogens is 2. The van der Waals surface area contributed by atoms with Gasteiger partial charge in [0.2, 0.25) is 5.88 Å². The maximum atomic E-state index is 5.60. The average molecular weight is 175 g/mol. The summed E-state index contributed by atoms with van der Waals surface area (Å²) in [6.45, 7) is 0. The molecule has 0 aliphatic rings. The van der Waals surface area contributed by atoms with E-state index in [1.54, 1.807) is 25.4 Å². The molecule has 0 aliphatic heterocycles. The third kappa shape index (κ3) is 1.38. The summed E-state index contributed by atoms with van der Waals surface area (Å²) in [6.07, 6.45) is 1.57. The van der Waals surface area contributed by atoms with Gasteiger partial charge in [-0.25, -0.2) is 9.97 Å². The van der Waals surface area contributed by atoms with Crippen molar-refractivity contribution in [1.82, 2.24) is 9.97 Å². The SMILES string of the molecule is COc1cnc2cc(N)ccc2n1. The van der Waals surface area contributed by atoms with Crippen LogP contribution in [0, 0.1) is 0 Å². The fourth-order valence-electron chi connectivity index (χ4n) is 1.11. The zero-order valence-electron chi connectivity index (χ0n) is 7.19. The van der Waals surface area contributed by atoms with Crippen LogP contribution in [0.25, 0.3) is 11.0 Å². The van der Waals surface area contributed by atoms with Crippen LogP contribution in [0.15, 0.2) is 24.4 Å². The van der Waals surface area contributed by atoms with Crippen LogP contribution in [0.3, 0.4) is 0 Å². The van der Waals surface area contributed by atoms with Crippen molar-refractivity contribution in [3.8, 4) is 5.88 Å². The standard InChI is InChI=1S/C9H9N3O/c1-13-9-5-11-8-4-6(10)2-3-7(8)12-9/h2-5H,10H2,1H3. The van der Waals surface area contributed by atoms with E-state index in [0.717, 1.165) is 11.0 Å². The molecule has 4 nitrogen and oxygen atoms in total. The topological polar surface area (TPSA) is 61.0 Å². The summed E-state index contributed by atoms with van der Waals surface area (Å²) >= 11 is 0. The van der Waals surface area contributed by atoms with Crippen LogP contribution in [0.5, 0.6) is 5.88 Å². The molecular formula is C9H9N3O. The van der Waals surface area contributed by atoms with Gasteiger partial charge in [0.05, 0.1) is 24.3 Å². The number of rotatable bonds is 1. The van der Waals surface area contributed by atoms with Crippen molar-refractivity contribution in [2.24, 2.45) is 0 Å². The molecule has 1 aromatic carbocycles. The summed E-state index contributed by atoms with van der Waals surface area (Å²) in [5.41, 5.74) is 7.85. The lowest BCUT2D eigenvalue weighted by Crippen LogP contribution is -1.91. The van der Waals surface area contributed by atoms with Gasteiger partial charge in [0.1, 0.15) is 0 Å². The average Bonchev–Trinajstić information content (AvgIpc) is 2.17. The maximum Gasteiger partial charge on any atom is 0.232 e. The molecule has 4 heteroatoms. The van der Waals surface area contributed by atoms with Crippen molar-refractivity contribution in [2.45, 2.75) is 0 Å². The molecule has 13 heavy (non-hydrogen) atoms. The second-order valence-corrected chi connectivity index (χ2v) is 2.66. The Morgan fingerprint density at radius 3 is 2.92 bits per heavy atom. The molecule has 66 valence electrons. The first-order valence-electron chi connectivity index (χ1n) is 3.86. The predicted octanol–water partition coefficient (Wildman–Crippen LogP) is 1.22. The number of nitrogens with two attached hydrogens (primary N) is 1. The molecule has 0 unspecified atom stereocenters. The summed E-state index contributed by atoms with van der Waals surface area (Å²) in [5.74, 6) is 0.511. The van der Waals surface area contributed by atoms with Gasteiger partial charge >= 0.3 is 0 Å². The van der Waals surface area contributed by atoms with Crippen molar-refractivity contribution in [2.75, 3.05) is 12.8 Å². The molecule has 0 aliphatic carbocycles. The molecule has 0 spiro atoms. The highest BCUT2D eigenvalue weighted by Gasteiger charge is 1.98. The van der Waals surface area contributed by atoms with E-state index < -0.39 is 0 Å². The first-order valence-corrected chi connectivity index (χ1v) is 3.86. The van der Waals surface area contributed by atoms with Gasteiger partial charge in [-0.3, -0.25) is 0 Å². The third-order valence-corrected chi connectivity index (χ3v) is 1.75. The smallest absolute Gasteiger partial charge is 0.232 e. The van der Waals surface area contributed by atoms with Crippen molar-refractivity contribution >= 4 is 16.7 Å². The minimum atomic E-state index is 0.511. The first kappa shape index (κ1) is 7.79. The number of hydrogen-bond donors (Lipinski definition) is 1. The molecule has 2 N–H and O–H groups in total. The Kier molecular flexibility index (Phi) is 1.73. The Morgan fingerprint density at radius 1 is 1.31 bits per heavy atom. The van der Waals surface area contributed by atoms with Crippen molar-refractivity contribution in [3.05, 3.63) is 24.4 Å². The lowest BCUT2D eigenvalue weighted by molar-refractivity contribution is 0.397. The van der Waals surface area contributed by atoms with E-state index in [2.05, 4.69) is 9.97 Å². The van der Waals surface area contributed by atoms with E-state index in [1.807, 2.05) is 6.07 Å². The summed E-state index contributed by atoms with van der Waals surface area (Å²) in [5, 5.41) is 0. The highest BCUT2D eigenvalue weighted by atomic mass is 16.5. The van der Waals surface area contributed by atoms with E-state index >= 15 is 0 Å². The summed E-state index contributed by atoms with van der Waals surface area (Å²) < 4.78 is 4.95. The van der Waals surface area contributed by atoms with Gasteiger partial charge < -0.3 is 10.5 Å². The van der Waals surface area contributed by atoms with Crippen LogP contribution in [0.4, 0.5) is 5.69 Å². The van der Waals surface area contributed by atoms with E-state index in [4.69, 9.17) is 10.5 Å². The second kappa shape index (κ2) is 2.90. The minimum Gasteiger partial charge on any atom is -0.480 e. The van der Waals surface area contributed by atoms with Crippen LogP contribution in [0.1, 0.15) is 0 Å². The maximum absolute atomic E-state index is 5.60. The highest BCUT2D eigenvalue weighted by molar-refractivity contribution is 5.78. The number of hydrogen-bond acceptors (Lipinski definition) is 4. The Morgan fingerprint density at radius 2 is 2.15 bits per heavy atom. The van der Waals surface area contributed by atoms with Crippen LogP contribution >= 0.6 is 0 Å². The quantitative estimate of drug-likeness (QED) is 0.662. The van der Waals surface area contributed by atoms with Crippen molar-refractivity contribution < 1.29 is 4.74 Å². The molecule has 0 bridgehead atoms. The van der Waals surface area contributed by atoms with Gasteiger partial charge in [-0.05, 0) is 18.2 Å². The fraction of sp³-hybridized carbons (Fsp3) is 0.111. The molecule has 1 aromatic heterocycles. The van der Waals surface area contributed by atoms with E-state index in [0.29, 0.717) is 11.6 Å². The molecule has 2 rings (SSSR count). The van der Waals surface area contributed by atoms with Gasteiger partial charge in [0.25, 0.3) is 0 Å². The minimum absolute atomic E-state index is 0.511. The Balaban J connectivity index is 2.66. The molecule has 0 radical (unpaired) electrons. The summed E-state index contributed by atoms with van der Waals surface area (Å²) in [4.78, 5) is 8.34. The molecule has 0 saturated carbocycles. The van der Waals surface area contributed by atoms with E-state index in [-0.39, 0.29) is 0 Å². The number of fused-ring (bicyclic) bond motifs is 1. The molecule has 2 aromatic rings. The van der Waals surface area contributed by atoms with Crippen LogP contribution in [-0.2, 0) is 0 Å². The summed E-state index contributed by atoms with van der Waals surface area (Å²) in [6, 6.07) is 5.39. The molecule has 0 saturated heterocycles. The predicted molar refractivity (Wildman–Crippen MR) is 50.5 cm³/mol. The van der Waals surface area contributed by atoms with Gasteiger partial charge in [0, 0.05) is 5.69 Å². The monoisotopic (exact) mass is 175 g/mol. The fourth-order valence-corrected chi connectivity index (χ4v) is 1.11. The van der Waals surface area contributed by atoms with E-state index in [1.165, 1.54) is 0 Å². The third-order valence-electron chi connectivity index (χ3n) is 1.75. The molecule has 0 fully saturated rings.